The van der Waals surface area contributed by atoms with Gasteiger partial charge in [-0.15, -0.1) is 0 Å². The van der Waals surface area contributed by atoms with E-state index in [0.29, 0.717) is 42.2 Å². The first-order chi connectivity index (χ1) is 12.5. The molecule has 132 valence electrons. The van der Waals surface area contributed by atoms with Gasteiger partial charge in [-0.05, 0) is 52.3 Å². The average molecular weight is 473 g/mol. The fraction of sp³-hybridized carbons (Fsp3) is 0. The average Bonchev–Trinajstić information content (AvgIpc) is 3.07. The second kappa shape index (κ2) is 8.27. The van der Waals surface area contributed by atoms with Crippen molar-refractivity contribution < 1.29 is 9.21 Å². The molecule has 1 aromatic heterocycles. The van der Waals surface area contributed by atoms with Crippen molar-refractivity contribution in [3.63, 3.8) is 0 Å². The van der Waals surface area contributed by atoms with Crippen LogP contribution in [0.2, 0.25) is 15.1 Å². The number of carbonyl (C=O) groups excluding carboxylic acids is 1. The van der Waals surface area contributed by atoms with E-state index in [1.165, 1.54) is 6.21 Å². The number of halogens is 4. The maximum Gasteiger partial charge on any atom is 0.272 e. The van der Waals surface area contributed by atoms with Gasteiger partial charge in [-0.3, -0.25) is 4.79 Å². The van der Waals surface area contributed by atoms with Gasteiger partial charge in [0.15, 0.2) is 0 Å². The van der Waals surface area contributed by atoms with E-state index in [0.717, 1.165) is 0 Å². The lowest BCUT2D eigenvalue weighted by atomic mass is 10.2. The number of hydrogen-bond acceptors (Lipinski definition) is 3. The first-order valence-corrected chi connectivity index (χ1v) is 9.21. The molecule has 0 spiro atoms. The Hall–Kier alpha value is -1.79. The second-order valence-corrected chi connectivity index (χ2v) is 7.20. The second-order valence-electron chi connectivity index (χ2n) is 5.13. The van der Waals surface area contributed by atoms with E-state index < -0.39 is 0 Å². The highest BCUT2D eigenvalue weighted by Crippen LogP contribution is 2.35. The fourth-order valence-electron chi connectivity index (χ4n) is 2.14. The van der Waals surface area contributed by atoms with E-state index in [9.17, 15) is 4.79 Å². The van der Waals surface area contributed by atoms with Crippen LogP contribution in [-0.2, 0) is 0 Å². The molecule has 0 bridgehead atoms. The summed E-state index contributed by atoms with van der Waals surface area (Å²) in [5.41, 5.74) is 3.53. The Balaban J connectivity index is 1.73. The van der Waals surface area contributed by atoms with Crippen molar-refractivity contribution >= 4 is 62.9 Å². The van der Waals surface area contributed by atoms with Crippen LogP contribution < -0.4 is 5.43 Å². The lowest BCUT2D eigenvalue weighted by Crippen LogP contribution is -2.17. The lowest BCUT2D eigenvalue weighted by Gasteiger charge is -2.03. The maximum absolute atomic E-state index is 12.1. The molecule has 0 aliphatic carbocycles. The van der Waals surface area contributed by atoms with E-state index in [1.54, 1.807) is 42.5 Å². The first kappa shape index (κ1) is 19.0. The van der Waals surface area contributed by atoms with Crippen LogP contribution in [-0.4, -0.2) is 12.1 Å². The maximum atomic E-state index is 12.1. The molecule has 8 heteroatoms. The van der Waals surface area contributed by atoms with Gasteiger partial charge in [0.2, 0.25) is 0 Å². The predicted molar refractivity (Wildman–Crippen MR) is 108 cm³/mol. The predicted octanol–water partition coefficient (Wildman–Crippen LogP) is 6.43. The molecule has 4 nitrogen and oxygen atoms in total. The third-order valence-electron chi connectivity index (χ3n) is 3.38. The molecule has 3 rings (SSSR count). The Morgan fingerprint density at radius 2 is 1.77 bits per heavy atom. The molecule has 0 unspecified atom stereocenters. The molecule has 1 N–H and O–H groups in total. The Kier molecular flexibility index (Phi) is 6.04. The van der Waals surface area contributed by atoms with Crippen LogP contribution in [0, 0.1) is 0 Å². The summed E-state index contributed by atoms with van der Waals surface area (Å²) in [6, 6.07) is 13.6. The SMILES string of the molecule is O=C(N/N=C\c1ccc(-c2cc(Cl)c(Cl)cc2Cl)o1)c1ccccc1Br. The van der Waals surface area contributed by atoms with Gasteiger partial charge in [0.25, 0.3) is 5.91 Å². The highest BCUT2D eigenvalue weighted by atomic mass is 79.9. The van der Waals surface area contributed by atoms with Gasteiger partial charge >= 0.3 is 0 Å². The number of hydrogen-bond donors (Lipinski definition) is 1. The third kappa shape index (κ3) is 4.30. The molecule has 0 saturated heterocycles. The fourth-order valence-corrected chi connectivity index (χ4v) is 3.24. The van der Waals surface area contributed by atoms with Crippen LogP contribution in [0.25, 0.3) is 11.3 Å². The van der Waals surface area contributed by atoms with Gasteiger partial charge in [-0.25, -0.2) is 5.43 Å². The van der Waals surface area contributed by atoms with Crippen LogP contribution in [0.1, 0.15) is 16.1 Å². The van der Waals surface area contributed by atoms with E-state index >= 15 is 0 Å². The summed E-state index contributed by atoms with van der Waals surface area (Å²) in [5, 5.41) is 5.05. The molecule has 0 fully saturated rings. The molecule has 1 heterocycles. The number of hydrazone groups is 1. The molecular formula is C18H10BrCl3N2O2. The minimum atomic E-state index is -0.340. The number of amides is 1. The Bertz CT molecular complexity index is 1000. The molecule has 0 aliphatic rings. The minimum Gasteiger partial charge on any atom is -0.455 e. The Labute approximate surface area is 172 Å². The quantitative estimate of drug-likeness (QED) is 0.270. The van der Waals surface area contributed by atoms with Crippen molar-refractivity contribution in [1.82, 2.24) is 5.43 Å². The van der Waals surface area contributed by atoms with E-state index in [-0.39, 0.29) is 5.91 Å². The smallest absolute Gasteiger partial charge is 0.272 e. The molecule has 2 aromatic carbocycles. The Morgan fingerprint density at radius 1 is 1.04 bits per heavy atom. The summed E-state index contributed by atoms with van der Waals surface area (Å²) >= 11 is 21.4. The molecule has 0 radical (unpaired) electrons. The van der Waals surface area contributed by atoms with Gasteiger partial charge in [0.1, 0.15) is 11.5 Å². The Morgan fingerprint density at radius 3 is 2.54 bits per heavy atom. The highest BCUT2D eigenvalue weighted by Gasteiger charge is 2.12. The summed E-state index contributed by atoms with van der Waals surface area (Å²) in [7, 11) is 0. The zero-order valence-electron chi connectivity index (χ0n) is 13.0. The van der Waals surface area contributed by atoms with Crippen LogP contribution >= 0.6 is 50.7 Å². The first-order valence-electron chi connectivity index (χ1n) is 7.28. The molecule has 1 amide bonds. The number of furan rings is 1. The highest BCUT2D eigenvalue weighted by molar-refractivity contribution is 9.10. The molecule has 26 heavy (non-hydrogen) atoms. The van der Waals surface area contributed by atoms with Gasteiger partial charge in [-0.2, -0.15) is 5.10 Å². The summed E-state index contributed by atoms with van der Waals surface area (Å²) in [5.74, 6) is 0.606. The summed E-state index contributed by atoms with van der Waals surface area (Å²) in [4.78, 5) is 12.1. The van der Waals surface area contributed by atoms with Crippen molar-refractivity contribution in [2.45, 2.75) is 0 Å². The number of carbonyl (C=O) groups is 1. The topological polar surface area (TPSA) is 54.6 Å². The van der Waals surface area contributed by atoms with Gasteiger partial charge < -0.3 is 4.42 Å². The van der Waals surface area contributed by atoms with Crippen molar-refractivity contribution in [3.8, 4) is 11.3 Å². The number of benzene rings is 2. The number of nitrogens with zero attached hydrogens (tertiary/aromatic N) is 1. The molecule has 0 aliphatic heterocycles. The van der Waals surface area contributed by atoms with Crippen molar-refractivity contribution in [2.75, 3.05) is 0 Å². The van der Waals surface area contributed by atoms with Crippen molar-refractivity contribution in [1.29, 1.82) is 0 Å². The number of nitrogens with one attached hydrogen (secondary N) is 1. The standard InChI is InChI=1S/C18H10BrCl3N2O2/c19-13-4-2-1-3-11(13)18(25)24-23-9-10-5-6-17(26-10)12-7-15(21)16(22)8-14(12)20/h1-9H,(H,24,25)/b23-9-. The summed E-state index contributed by atoms with van der Waals surface area (Å²) < 4.78 is 6.34. The molecular weight excluding hydrogens is 462 g/mol. The van der Waals surface area contributed by atoms with Crippen molar-refractivity contribution in [3.05, 3.63) is 79.4 Å². The minimum absolute atomic E-state index is 0.340. The zero-order chi connectivity index (χ0) is 18.7. The van der Waals surface area contributed by atoms with Crippen LogP contribution in [0.3, 0.4) is 0 Å². The van der Waals surface area contributed by atoms with Gasteiger partial charge in [0.05, 0.1) is 26.8 Å². The van der Waals surface area contributed by atoms with Crippen LogP contribution in [0.4, 0.5) is 0 Å². The molecule has 3 aromatic rings. The van der Waals surface area contributed by atoms with E-state index in [2.05, 4.69) is 26.5 Å². The van der Waals surface area contributed by atoms with Crippen LogP contribution in [0.15, 0.2) is 62.5 Å². The van der Waals surface area contributed by atoms with Crippen LogP contribution in [0.5, 0.6) is 0 Å². The zero-order valence-corrected chi connectivity index (χ0v) is 16.8. The van der Waals surface area contributed by atoms with Gasteiger partial charge in [0, 0.05) is 10.0 Å². The van der Waals surface area contributed by atoms with E-state index in [1.807, 2.05) is 6.07 Å². The van der Waals surface area contributed by atoms with Gasteiger partial charge in [-0.1, -0.05) is 46.9 Å². The third-order valence-corrected chi connectivity index (χ3v) is 5.10. The summed E-state index contributed by atoms with van der Waals surface area (Å²) in [6.07, 6.45) is 1.39. The van der Waals surface area contributed by atoms with Crippen molar-refractivity contribution in [2.24, 2.45) is 5.10 Å². The molecule has 0 saturated carbocycles. The lowest BCUT2D eigenvalue weighted by molar-refractivity contribution is 0.0954. The molecule has 0 atom stereocenters. The summed E-state index contributed by atoms with van der Waals surface area (Å²) in [6.45, 7) is 0. The monoisotopic (exact) mass is 470 g/mol. The normalized spacial score (nSPS) is 11.1. The van der Waals surface area contributed by atoms with E-state index in [4.69, 9.17) is 39.2 Å². The number of rotatable bonds is 4. The largest absolute Gasteiger partial charge is 0.455 e.